The van der Waals surface area contributed by atoms with Gasteiger partial charge in [-0.1, -0.05) is 28.9 Å². The van der Waals surface area contributed by atoms with E-state index in [1.165, 1.54) is 6.20 Å². The van der Waals surface area contributed by atoms with Gasteiger partial charge in [-0.15, -0.1) is 0 Å². The minimum atomic E-state index is -0.278. The maximum Gasteiger partial charge on any atom is 0.267 e. The normalized spacial score (nSPS) is 14.7. The van der Waals surface area contributed by atoms with Crippen LogP contribution >= 0.6 is 11.6 Å². The summed E-state index contributed by atoms with van der Waals surface area (Å²) < 4.78 is 10.6. The molecule has 0 bridgehead atoms. The number of hydrogen-bond donors (Lipinski definition) is 2. The van der Waals surface area contributed by atoms with Crippen molar-refractivity contribution in [1.29, 1.82) is 0 Å². The van der Waals surface area contributed by atoms with Gasteiger partial charge in [0.1, 0.15) is 17.1 Å². The standard InChI is InChI=1S/C21H20ClN3O4/c1-12-18(19(25-29-12)13-3-2-4-15(22)9-13)20(26)14-10-17(23-11-14)21(27)24-16-5-7-28-8-6-16/h2-4,9-11,16,23H,5-8H2,1H3,(H,24,27). The minimum absolute atomic E-state index is 0.0773. The van der Waals surface area contributed by atoms with Crippen molar-refractivity contribution >= 4 is 23.3 Å². The molecule has 29 heavy (non-hydrogen) atoms. The molecule has 0 atom stereocenters. The van der Waals surface area contributed by atoms with Crippen LogP contribution in [0.3, 0.4) is 0 Å². The number of halogens is 1. The van der Waals surface area contributed by atoms with Crippen LogP contribution in [0.5, 0.6) is 0 Å². The van der Waals surface area contributed by atoms with Gasteiger partial charge in [-0.25, -0.2) is 0 Å². The fourth-order valence-corrected chi connectivity index (χ4v) is 3.57. The lowest BCUT2D eigenvalue weighted by Gasteiger charge is -2.22. The highest BCUT2D eigenvalue weighted by molar-refractivity contribution is 6.30. The molecule has 1 aromatic carbocycles. The first-order valence-corrected chi connectivity index (χ1v) is 9.74. The maximum atomic E-state index is 13.1. The average molecular weight is 414 g/mol. The Morgan fingerprint density at radius 2 is 2.03 bits per heavy atom. The molecular weight excluding hydrogens is 394 g/mol. The van der Waals surface area contributed by atoms with Crippen LogP contribution in [-0.2, 0) is 4.74 Å². The number of amides is 1. The van der Waals surface area contributed by atoms with Gasteiger partial charge in [0.15, 0.2) is 5.78 Å². The van der Waals surface area contributed by atoms with Crippen LogP contribution in [0.4, 0.5) is 0 Å². The third-order valence-electron chi connectivity index (χ3n) is 4.93. The van der Waals surface area contributed by atoms with Gasteiger partial charge in [-0.05, 0) is 38.0 Å². The van der Waals surface area contributed by atoms with Crippen LogP contribution in [0.1, 0.15) is 45.0 Å². The highest BCUT2D eigenvalue weighted by Gasteiger charge is 2.25. The van der Waals surface area contributed by atoms with Gasteiger partial charge in [-0.2, -0.15) is 0 Å². The molecule has 2 N–H and O–H groups in total. The molecule has 1 amide bonds. The van der Waals surface area contributed by atoms with Crippen molar-refractivity contribution in [2.45, 2.75) is 25.8 Å². The second-order valence-electron chi connectivity index (χ2n) is 6.96. The van der Waals surface area contributed by atoms with Crippen LogP contribution < -0.4 is 5.32 Å². The van der Waals surface area contributed by atoms with Gasteiger partial charge < -0.3 is 19.6 Å². The average Bonchev–Trinajstić information content (AvgIpc) is 3.35. The van der Waals surface area contributed by atoms with Crippen molar-refractivity contribution < 1.29 is 18.8 Å². The summed E-state index contributed by atoms with van der Waals surface area (Å²) in [5, 5.41) is 7.54. The predicted octanol–water partition coefficient (Wildman–Crippen LogP) is 3.77. The zero-order valence-electron chi connectivity index (χ0n) is 15.8. The van der Waals surface area contributed by atoms with Gasteiger partial charge in [0, 0.05) is 41.6 Å². The fraction of sp³-hybridized carbons (Fsp3) is 0.286. The smallest absolute Gasteiger partial charge is 0.267 e. The van der Waals surface area contributed by atoms with Crippen LogP contribution in [0.25, 0.3) is 11.3 Å². The van der Waals surface area contributed by atoms with Gasteiger partial charge >= 0.3 is 0 Å². The lowest BCUT2D eigenvalue weighted by molar-refractivity contribution is 0.0694. The van der Waals surface area contributed by atoms with Crippen LogP contribution in [0.15, 0.2) is 41.1 Å². The molecule has 0 unspecified atom stereocenters. The number of carbonyl (C=O) groups is 2. The number of H-pyrrole nitrogens is 1. The van der Waals surface area contributed by atoms with E-state index in [1.807, 2.05) is 6.07 Å². The first-order chi connectivity index (χ1) is 14.0. The summed E-state index contributed by atoms with van der Waals surface area (Å²) in [6.45, 7) is 2.95. The van der Waals surface area contributed by atoms with E-state index in [2.05, 4.69) is 15.5 Å². The molecule has 8 heteroatoms. The van der Waals surface area contributed by atoms with Gasteiger partial charge in [0.25, 0.3) is 5.91 Å². The fourth-order valence-electron chi connectivity index (χ4n) is 3.38. The molecule has 0 aliphatic carbocycles. The Morgan fingerprint density at radius 1 is 1.24 bits per heavy atom. The zero-order chi connectivity index (χ0) is 20.4. The minimum Gasteiger partial charge on any atom is -0.381 e. The Bertz CT molecular complexity index is 1050. The van der Waals surface area contributed by atoms with E-state index in [0.29, 0.717) is 52.1 Å². The molecule has 1 aliphatic heterocycles. The highest BCUT2D eigenvalue weighted by Crippen LogP contribution is 2.29. The van der Waals surface area contributed by atoms with Crippen molar-refractivity contribution in [3.63, 3.8) is 0 Å². The topological polar surface area (TPSA) is 97.2 Å². The molecule has 4 rings (SSSR count). The lowest BCUT2D eigenvalue weighted by Crippen LogP contribution is -2.39. The first kappa shape index (κ1) is 19.4. The summed E-state index contributed by atoms with van der Waals surface area (Å²) in [7, 11) is 0. The Hall–Kier alpha value is -2.90. The Balaban J connectivity index is 1.57. The molecule has 150 valence electrons. The van der Waals surface area contributed by atoms with Crippen LogP contribution in [0.2, 0.25) is 5.02 Å². The summed E-state index contributed by atoms with van der Waals surface area (Å²) in [6.07, 6.45) is 3.08. The molecule has 1 saturated heterocycles. The van der Waals surface area contributed by atoms with E-state index in [4.69, 9.17) is 20.9 Å². The van der Waals surface area contributed by atoms with Crippen molar-refractivity contribution in [2.24, 2.45) is 0 Å². The van der Waals surface area contributed by atoms with Crippen LogP contribution in [-0.4, -0.2) is 41.1 Å². The SMILES string of the molecule is Cc1onc(-c2cccc(Cl)c2)c1C(=O)c1c[nH]c(C(=O)NC2CCOCC2)c1. The summed E-state index contributed by atoms with van der Waals surface area (Å²) in [5.41, 5.74) is 2.15. The van der Waals surface area contributed by atoms with Crippen molar-refractivity contribution in [1.82, 2.24) is 15.5 Å². The van der Waals surface area contributed by atoms with E-state index >= 15 is 0 Å². The van der Waals surface area contributed by atoms with Crippen molar-refractivity contribution in [3.8, 4) is 11.3 Å². The monoisotopic (exact) mass is 413 g/mol. The first-order valence-electron chi connectivity index (χ1n) is 9.37. The van der Waals surface area contributed by atoms with E-state index in [-0.39, 0.29) is 17.7 Å². The summed E-state index contributed by atoms with van der Waals surface area (Å²) in [5.74, 6) is -0.118. The summed E-state index contributed by atoms with van der Waals surface area (Å²) in [6, 6.07) is 8.68. The number of hydrogen-bond acceptors (Lipinski definition) is 5. The Labute approximate surface area is 172 Å². The Kier molecular flexibility index (Phi) is 5.51. The lowest BCUT2D eigenvalue weighted by atomic mass is 9.99. The molecule has 7 nitrogen and oxygen atoms in total. The van der Waals surface area contributed by atoms with E-state index in [1.54, 1.807) is 31.2 Å². The molecule has 2 aromatic heterocycles. The largest absolute Gasteiger partial charge is 0.381 e. The molecular formula is C21H20ClN3O4. The van der Waals surface area contributed by atoms with E-state index in [0.717, 1.165) is 12.8 Å². The van der Waals surface area contributed by atoms with Crippen molar-refractivity contribution in [3.05, 3.63) is 64.1 Å². The number of nitrogens with zero attached hydrogens (tertiary/aromatic N) is 1. The third-order valence-corrected chi connectivity index (χ3v) is 5.17. The molecule has 1 aliphatic rings. The second kappa shape index (κ2) is 8.23. The van der Waals surface area contributed by atoms with Gasteiger partial charge in [0.2, 0.25) is 0 Å². The Morgan fingerprint density at radius 3 is 2.79 bits per heavy atom. The quantitative estimate of drug-likeness (QED) is 0.620. The number of aryl methyl sites for hydroxylation is 1. The molecule has 0 spiro atoms. The summed E-state index contributed by atoms with van der Waals surface area (Å²) >= 11 is 6.07. The number of rotatable bonds is 5. The predicted molar refractivity (Wildman–Crippen MR) is 107 cm³/mol. The molecule has 3 aromatic rings. The van der Waals surface area contributed by atoms with Gasteiger partial charge in [-0.3, -0.25) is 9.59 Å². The molecule has 0 saturated carbocycles. The second-order valence-corrected chi connectivity index (χ2v) is 7.40. The zero-order valence-corrected chi connectivity index (χ0v) is 16.6. The highest BCUT2D eigenvalue weighted by atomic mass is 35.5. The number of nitrogens with one attached hydrogen (secondary N) is 2. The molecule has 0 radical (unpaired) electrons. The van der Waals surface area contributed by atoms with Gasteiger partial charge in [0.05, 0.1) is 5.56 Å². The molecule has 3 heterocycles. The van der Waals surface area contributed by atoms with E-state index < -0.39 is 0 Å². The number of ether oxygens (including phenoxy) is 1. The summed E-state index contributed by atoms with van der Waals surface area (Å²) in [4.78, 5) is 28.5. The number of ketones is 1. The number of aromatic amines is 1. The maximum absolute atomic E-state index is 13.1. The van der Waals surface area contributed by atoms with Crippen molar-refractivity contribution in [2.75, 3.05) is 13.2 Å². The third kappa shape index (κ3) is 4.11. The number of aromatic nitrogens is 2. The molecule has 1 fully saturated rings. The number of carbonyl (C=O) groups excluding carboxylic acids is 2. The number of benzene rings is 1. The van der Waals surface area contributed by atoms with E-state index in [9.17, 15) is 9.59 Å². The van der Waals surface area contributed by atoms with Crippen LogP contribution in [0, 0.1) is 6.92 Å².